The van der Waals surface area contributed by atoms with E-state index in [1.165, 1.54) is 83.2 Å². The van der Waals surface area contributed by atoms with Crippen LogP contribution in [0.15, 0.2) is 212 Å². The molecule has 2 aliphatic carbocycles. The van der Waals surface area contributed by atoms with Crippen molar-refractivity contribution in [1.29, 1.82) is 0 Å². The average molecular weight is 728 g/mol. The van der Waals surface area contributed by atoms with Crippen molar-refractivity contribution in [3.8, 4) is 33.4 Å². The molecule has 0 spiro atoms. The number of anilines is 3. The molecule has 9 aromatic rings. The molecule has 0 radical (unpaired) electrons. The summed E-state index contributed by atoms with van der Waals surface area (Å²) in [5, 5.41) is 2.52. The summed E-state index contributed by atoms with van der Waals surface area (Å²) in [6, 6.07) is 78.9. The van der Waals surface area contributed by atoms with E-state index in [0.29, 0.717) is 0 Å². The van der Waals surface area contributed by atoms with E-state index in [1.807, 2.05) is 0 Å². The van der Waals surface area contributed by atoms with Crippen LogP contribution in [0.25, 0.3) is 44.2 Å². The Labute approximate surface area is 335 Å². The van der Waals surface area contributed by atoms with Crippen LogP contribution in [0, 0.1) is 0 Å². The predicted molar refractivity (Wildman–Crippen MR) is 239 cm³/mol. The third kappa shape index (κ3) is 4.89. The lowest BCUT2D eigenvalue weighted by molar-refractivity contribution is 0.660. The summed E-state index contributed by atoms with van der Waals surface area (Å²) < 4.78 is 0. The van der Waals surface area contributed by atoms with Gasteiger partial charge in [-0.3, -0.25) is 0 Å². The molecule has 0 saturated heterocycles. The first-order valence-corrected chi connectivity index (χ1v) is 20.0. The fraction of sp³-hybridized carbons (Fsp3) is 0.0714. The van der Waals surface area contributed by atoms with E-state index in [2.05, 4.69) is 231 Å². The highest BCUT2D eigenvalue weighted by Crippen LogP contribution is 2.62. The van der Waals surface area contributed by atoms with Crippen LogP contribution in [0.4, 0.5) is 17.1 Å². The molecule has 0 atom stereocenters. The van der Waals surface area contributed by atoms with Crippen LogP contribution in [-0.2, 0) is 10.8 Å². The number of rotatable bonds is 6. The van der Waals surface area contributed by atoms with Gasteiger partial charge in [-0.25, -0.2) is 0 Å². The van der Waals surface area contributed by atoms with Gasteiger partial charge in [0.25, 0.3) is 0 Å². The van der Waals surface area contributed by atoms with Gasteiger partial charge in [0.05, 0.1) is 11.1 Å². The summed E-state index contributed by atoms with van der Waals surface area (Å²) in [7, 11) is 0. The molecule has 11 rings (SSSR count). The van der Waals surface area contributed by atoms with E-state index < -0.39 is 5.41 Å². The van der Waals surface area contributed by atoms with Crippen molar-refractivity contribution in [2.75, 3.05) is 4.90 Å². The SMILES string of the molecule is CC1(C)c2ccccc2-c2ccc(N(c3ccc(-c4ccccc4)cc3)c3cccc4c3C(c3ccccc3)(c3ccccc3)c3ccc5ccccc5c3-4)cc21. The monoisotopic (exact) mass is 727 g/mol. The Morgan fingerprint density at radius 2 is 0.965 bits per heavy atom. The van der Waals surface area contributed by atoms with Gasteiger partial charge in [-0.15, -0.1) is 0 Å². The summed E-state index contributed by atoms with van der Waals surface area (Å²) in [6.07, 6.45) is 0. The van der Waals surface area contributed by atoms with Crippen LogP contribution in [0.1, 0.15) is 47.2 Å². The van der Waals surface area contributed by atoms with E-state index in [-0.39, 0.29) is 5.41 Å². The Morgan fingerprint density at radius 1 is 0.386 bits per heavy atom. The molecule has 9 aromatic carbocycles. The Kier molecular flexibility index (Phi) is 7.50. The van der Waals surface area contributed by atoms with E-state index in [4.69, 9.17) is 0 Å². The van der Waals surface area contributed by atoms with Crippen molar-refractivity contribution in [3.63, 3.8) is 0 Å². The fourth-order valence-electron chi connectivity index (χ4n) is 10.2. The summed E-state index contributed by atoms with van der Waals surface area (Å²) in [4.78, 5) is 2.53. The van der Waals surface area contributed by atoms with Gasteiger partial charge in [-0.05, 0) is 102 Å². The van der Waals surface area contributed by atoms with Crippen LogP contribution in [0.5, 0.6) is 0 Å². The Morgan fingerprint density at radius 3 is 1.70 bits per heavy atom. The van der Waals surface area contributed by atoms with Crippen LogP contribution < -0.4 is 4.90 Å². The lowest BCUT2D eigenvalue weighted by Gasteiger charge is -2.38. The molecule has 0 aromatic heterocycles. The third-order valence-electron chi connectivity index (χ3n) is 12.7. The highest BCUT2D eigenvalue weighted by molar-refractivity contribution is 6.06. The molecule has 270 valence electrons. The van der Waals surface area contributed by atoms with Crippen molar-refractivity contribution in [2.24, 2.45) is 0 Å². The maximum Gasteiger partial charge on any atom is 0.0734 e. The predicted octanol–water partition coefficient (Wildman–Crippen LogP) is 14.6. The summed E-state index contributed by atoms with van der Waals surface area (Å²) in [5.74, 6) is 0. The van der Waals surface area contributed by atoms with Crippen LogP contribution in [0.2, 0.25) is 0 Å². The Bertz CT molecular complexity index is 2920. The molecule has 0 amide bonds. The molecule has 2 aliphatic rings. The van der Waals surface area contributed by atoms with Crippen molar-refractivity contribution in [1.82, 2.24) is 0 Å². The molecule has 0 aliphatic heterocycles. The van der Waals surface area contributed by atoms with Gasteiger partial charge < -0.3 is 4.90 Å². The number of fused-ring (bicyclic) bond motifs is 8. The molecule has 1 heteroatoms. The largest absolute Gasteiger partial charge is 0.310 e. The summed E-state index contributed by atoms with van der Waals surface area (Å²) in [5.41, 5.74) is 18.2. The Hall–Kier alpha value is -6.96. The lowest BCUT2D eigenvalue weighted by Crippen LogP contribution is -2.30. The third-order valence-corrected chi connectivity index (χ3v) is 12.7. The van der Waals surface area contributed by atoms with Crippen molar-refractivity contribution >= 4 is 27.8 Å². The zero-order valence-corrected chi connectivity index (χ0v) is 32.2. The van der Waals surface area contributed by atoms with Gasteiger partial charge in [-0.1, -0.05) is 196 Å². The van der Waals surface area contributed by atoms with Gasteiger partial charge >= 0.3 is 0 Å². The van der Waals surface area contributed by atoms with Gasteiger partial charge in [-0.2, -0.15) is 0 Å². The standard InChI is InChI=1S/C56H41N/c1-55(2)49-27-15-14-25-46(49)47-35-34-44(37-51(47)55)57(43-32-29-39(30-33-43)38-17-6-3-7-18-38)52-28-16-26-48-53-45-24-13-12-19-40(45)31-36-50(53)56(54(48)52,41-20-8-4-9-21-41)42-22-10-5-11-23-42/h3-37H,1-2H3. The molecule has 0 saturated carbocycles. The van der Waals surface area contributed by atoms with E-state index in [1.54, 1.807) is 0 Å². The number of hydrogen-bond acceptors (Lipinski definition) is 1. The molecule has 0 unspecified atom stereocenters. The number of hydrogen-bond donors (Lipinski definition) is 0. The molecule has 0 bridgehead atoms. The van der Waals surface area contributed by atoms with Crippen molar-refractivity contribution < 1.29 is 0 Å². The van der Waals surface area contributed by atoms with E-state index >= 15 is 0 Å². The molecule has 0 fully saturated rings. The summed E-state index contributed by atoms with van der Waals surface area (Å²) in [6.45, 7) is 4.75. The average Bonchev–Trinajstić information content (AvgIpc) is 3.71. The first-order chi connectivity index (χ1) is 28.0. The second-order valence-corrected chi connectivity index (χ2v) is 16.0. The van der Waals surface area contributed by atoms with Gasteiger partial charge in [0.2, 0.25) is 0 Å². The fourth-order valence-corrected chi connectivity index (χ4v) is 10.2. The molecule has 57 heavy (non-hydrogen) atoms. The van der Waals surface area contributed by atoms with Crippen LogP contribution >= 0.6 is 0 Å². The summed E-state index contributed by atoms with van der Waals surface area (Å²) >= 11 is 0. The van der Waals surface area contributed by atoms with Gasteiger partial charge in [0, 0.05) is 22.4 Å². The van der Waals surface area contributed by atoms with Crippen LogP contribution in [-0.4, -0.2) is 0 Å². The molecule has 0 N–H and O–H groups in total. The normalized spacial score (nSPS) is 14.1. The molecule has 0 heterocycles. The highest BCUT2D eigenvalue weighted by Gasteiger charge is 2.49. The minimum absolute atomic E-state index is 0.142. The van der Waals surface area contributed by atoms with Crippen LogP contribution in [0.3, 0.4) is 0 Å². The first kappa shape index (κ1) is 33.4. The topological polar surface area (TPSA) is 3.24 Å². The quantitative estimate of drug-likeness (QED) is 0.165. The van der Waals surface area contributed by atoms with E-state index in [0.717, 1.165) is 11.4 Å². The van der Waals surface area contributed by atoms with Gasteiger partial charge in [0.1, 0.15) is 0 Å². The minimum atomic E-state index is -0.595. The lowest BCUT2D eigenvalue weighted by atomic mass is 9.67. The molecular formula is C56H41N. The number of benzene rings is 9. The minimum Gasteiger partial charge on any atom is -0.310 e. The molecule has 1 nitrogen and oxygen atoms in total. The second kappa shape index (κ2) is 12.8. The van der Waals surface area contributed by atoms with Crippen molar-refractivity contribution in [3.05, 3.63) is 246 Å². The maximum absolute atomic E-state index is 2.53. The van der Waals surface area contributed by atoms with Gasteiger partial charge in [0.15, 0.2) is 0 Å². The van der Waals surface area contributed by atoms with E-state index in [9.17, 15) is 0 Å². The zero-order valence-electron chi connectivity index (χ0n) is 32.2. The smallest absolute Gasteiger partial charge is 0.0734 e. The molecular weight excluding hydrogens is 687 g/mol. The second-order valence-electron chi connectivity index (χ2n) is 16.0. The maximum atomic E-state index is 2.53. The Balaban J connectivity index is 1.24. The van der Waals surface area contributed by atoms with Crippen molar-refractivity contribution in [2.45, 2.75) is 24.7 Å². The highest BCUT2D eigenvalue weighted by atomic mass is 15.1. The number of nitrogens with zero attached hydrogens (tertiary/aromatic N) is 1. The first-order valence-electron chi connectivity index (χ1n) is 20.0. The zero-order chi connectivity index (χ0) is 38.1.